The van der Waals surface area contributed by atoms with Crippen molar-refractivity contribution in [1.82, 2.24) is 15.2 Å². The lowest BCUT2D eigenvalue weighted by Gasteiger charge is -2.40. The normalized spacial score (nSPS) is 19.6. The summed E-state index contributed by atoms with van der Waals surface area (Å²) in [5.41, 5.74) is 6.94. The molecule has 1 N–H and O–H groups in total. The van der Waals surface area contributed by atoms with E-state index in [1.807, 2.05) is 50.1 Å². The fraction of sp³-hybridized carbons (Fsp3) is 0.513. The first-order valence-corrected chi connectivity index (χ1v) is 17.3. The van der Waals surface area contributed by atoms with E-state index in [1.54, 1.807) is 6.92 Å². The van der Waals surface area contributed by atoms with Crippen LogP contribution in [0.4, 0.5) is 5.69 Å². The number of hydrogen-bond donors (Lipinski definition) is 1. The summed E-state index contributed by atoms with van der Waals surface area (Å²) in [6.45, 7) is 7.27. The first-order chi connectivity index (χ1) is 22.7. The standard InChI is InChI=1S/C39H48N4O4/c1-5-35(47)14-16-38(26(3)46)42(4)39(28-8-9-28)36-15-13-34(23-30(36)25-45)43-19-17-32(18-20-43)40-33-21-27(22-33)7-11-31-12-10-29(24-44)37(6-2)41-31/h10,12-13,15,23-25,27,32-33,38,40H,5-6,8-9,14,16-22H2,1-4H3. The number of aryl methyl sites for hydroxylation is 1. The number of ketones is 2. The lowest BCUT2D eigenvalue weighted by Crippen LogP contribution is -2.50. The van der Waals surface area contributed by atoms with Crippen LogP contribution in [0.2, 0.25) is 0 Å². The topological polar surface area (TPSA) is 99.7 Å². The number of Topliss-reactive ketones (excluding diaryl/α,β-unsaturated/α-hetero) is 2. The van der Waals surface area contributed by atoms with Gasteiger partial charge in [0.05, 0.1) is 11.7 Å². The Hall–Kier alpha value is -4.09. The molecule has 47 heavy (non-hydrogen) atoms. The Morgan fingerprint density at radius 3 is 2.38 bits per heavy atom. The van der Waals surface area contributed by atoms with Gasteiger partial charge in [0.15, 0.2) is 18.4 Å². The highest BCUT2D eigenvalue weighted by Crippen LogP contribution is 2.41. The predicted octanol–water partition coefficient (Wildman–Crippen LogP) is 5.81. The molecule has 8 heteroatoms. The van der Waals surface area contributed by atoms with Crippen LogP contribution in [0.25, 0.3) is 5.70 Å². The molecule has 248 valence electrons. The Bertz CT molecular complexity index is 1580. The molecule has 0 spiro atoms. The second kappa shape index (κ2) is 15.7. The lowest BCUT2D eigenvalue weighted by molar-refractivity contribution is -0.122. The van der Waals surface area contributed by atoms with Gasteiger partial charge in [0.2, 0.25) is 0 Å². The Kier molecular flexibility index (Phi) is 11.4. The molecule has 1 unspecified atom stereocenters. The van der Waals surface area contributed by atoms with Crippen molar-refractivity contribution in [2.45, 2.75) is 103 Å². The van der Waals surface area contributed by atoms with Crippen LogP contribution in [0.1, 0.15) is 116 Å². The molecule has 2 saturated carbocycles. The lowest BCUT2D eigenvalue weighted by atomic mass is 9.80. The van der Waals surface area contributed by atoms with Crippen LogP contribution in [0.5, 0.6) is 0 Å². The number of rotatable bonds is 14. The maximum absolute atomic E-state index is 12.7. The first-order valence-electron chi connectivity index (χ1n) is 17.3. The maximum atomic E-state index is 12.7. The summed E-state index contributed by atoms with van der Waals surface area (Å²) in [4.78, 5) is 57.2. The molecule has 0 amide bonds. The Morgan fingerprint density at radius 2 is 1.77 bits per heavy atom. The van der Waals surface area contributed by atoms with E-state index in [1.165, 1.54) is 5.57 Å². The minimum atomic E-state index is -0.398. The molecular weight excluding hydrogens is 588 g/mol. The molecule has 1 aromatic heterocycles. The van der Waals surface area contributed by atoms with Crippen LogP contribution < -0.4 is 10.2 Å². The minimum absolute atomic E-state index is 0.0336. The van der Waals surface area contributed by atoms with Crippen molar-refractivity contribution in [2.24, 2.45) is 5.92 Å². The van der Waals surface area contributed by atoms with Gasteiger partial charge in [-0.2, -0.15) is 0 Å². The minimum Gasteiger partial charge on any atom is -0.371 e. The van der Waals surface area contributed by atoms with Crippen molar-refractivity contribution >= 4 is 35.5 Å². The Balaban J connectivity index is 1.15. The molecule has 8 nitrogen and oxygen atoms in total. The molecule has 5 rings (SSSR count). The quantitative estimate of drug-likeness (QED) is 0.205. The largest absolute Gasteiger partial charge is 0.371 e. The van der Waals surface area contributed by atoms with Gasteiger partial charge in [-0.05, 0) is 94.0 Å². The number of nitrogens with one attached hydrogen (secondary N) is 1. The third-order valence-corrected chi connectivity index (χ3v) is 9.98. The van der Waals surface area contributed by atoms with Crippen LogP contribution in [0, 0.1) is 17.8 Å². The van der Waals surface area contributed by atoms with Gasteiger partial charge in [0, 0.05) is 79.1 Å². The van der Waals surface area contributed by atoms with E-state index in [0.717, 1.165) is 92.5 Å². The van der Waals surface area contributed by atoms with Gasteiger partial charge in [-0.3, -0.25) is 19.2 Å². The summed E-state index contributed by atoms with van der Waals surface area (Å²) in [6, 6.07) is 10.3. The van der Waals surface area contributed by atoms with Crippen LogP contribution in [0.3, 0.4) is 0 Å². The fourth-order valence-corrected chi connectivity index (χ4v) is 6.95. The number of anilines is 1. The second-order valence-electron chi connectivity index (χ2n) is 13.3. The third-order valence-electron chi connectivity index (χ3n) is 9.98. The monoisotopic (exact) mass is 636 g/mol. The highest BCUT2D eigenvalue weighted by Gasteiger charge is 2.32. The average molecular weight is 637 g/mol. The second-order valence-corrected chi connectivity index (χ2v) is 13.3. The molecule has 2 aliphatic carbocycles. The van der Waals surface area contributed by atoms with Crippen molar-refractivity contribution < 1.29 is 19.2 Å². The average Bonchev–Trinajstić information content (AvgIpc) is 3.91. The number of allylic oxidation sites excluding steroid dienone is 1. The molecule has 0 radical (unpaired) electrons. The number of pyridine rings is 1. The Morgan fingerprint density at radius 1 is 1.04 bits per heavy atom. The van der Waals surface area contributed by atoms with E-state index in [-0.39, 0.29) is 11.6 Å². The number of hydrogen-bond acceptors (Lipinski definition) is 8. The summed E-state index contributed by atoms with van der Waals surface area (Å²) in [7, 11) is 1.92. The van der Waals surface area contributed by atoms with E-state index >= 15 is 0 Å². The van der Waals surface area contributed by atoms with E-state index in [0.29, 0.717) is 54.8 Å². The molecular formula is C39H48N4O4. The summed E-state index contributed by atoms with van der Waals surface area (Å²) < 4.78 is 0. The Labute approximate surface area is 279 Å². The van der Waals surface area contributed by atoms with Gasteiger partial charge in [-0.15, -0.1) is 0 Å². The molecule has 3 fully saturated rings. The van der Waals surface area contributed by atoms with Crippen molar-refractivity contribution in [3.63, 3.8) is 0 Å². The van der Waals surface area contributed by atoms with Crippen molar-refractivity contribution in [2.75, 3.05) is 25.0 Å². The van der Waals surface area contributed by atoms with Gasteiger partial charge >= 0.3 is 0 Å². The smallest absolute Gasteiger partial charge is 0.152 e. The molecule has 0 bridgehead atoms. The molecule has 1 aromatic carbocycles. The number of carbonyl (C=O) groups is 4. The van der Waals surface area contributed by atoms with E-state index in [9.17, 15) is 19.2 Å². The van der Waals surface area contributed by atoms with Crippen molar-refractivity contribution in [3.05, 3.63) is 64.0 Å². The third kappa shape index (κ3) is 8.44. The van der Waals surface area contributed by atoms with E-state index < -0.39 is 6.04 Å². The fourth-order valence-electron chi connectivity index (χ4n) is 6.95. The molecule has 1 atom stereocenters. The number of aromatic nitrogens is 1. The highest BCUT2D eigenvalue weighted by molar-refractivity contribution is 5.90. The number of benzene rings is 1. The molecule has 2 heterocycles. The van der Waals surface area contributed by atoms with Gasteiger partial charge in [0.25, 0.3) is 0 Å². The summed E-state index contributed by atoms with van der Waals surface area (Å²) in [5.74, 6) is 7.14. The first kappa shape index (κ1) is 34.3. The summed E-state index contributed by atoms with van der Waals surface area (Å²) >= 11 is 0. The number of likely N-dealkylation sites (N-methyl/N-ethyl adjacent to an activating group) is 1. The van der Waals surface area contributed by atoms with Gasteiger partial charge in [-0.25, -0.2) is 4.98 Å². The molecule has 1 saturated heterocycles. The van der Waals surface area contributed by atoms with Crippen LogP contribution in [0.15, 0.2) is 35.9 Å². The zero-order valence-electron chi connectivity index (χ0n) is 28.3. The maximum Gasteiger partial charge on any atom is 0.152 e. The number of nitrogens with zero attached hydrogens (tertiary/aromatic N) is 3. The highest BCUT2D eigenvalue weighted by atomic mass is 16.1. The summed E-state index contributed by atoms with van der Waals surface area (Å²) in [6.07, 6.45) is 9.90. The van der Waals surface area contributed by atoms with Crippen LogP contribution >= 0.6 is 0 Å². The van der Waals surface area contributed by atoms with Gasteiger partial charge in [-0.1, -0.05) is 25.8 Å². The predicted molar refractivity (Wildman–Crippen MR) is 186 cm³/mol. The van der Waals surface area contributed by atoms with Crippen molar-refractivity contribution in [3.8, 4) is 11.8 Å². The van der Waals surface area contributed by atoms with Gasteiger partial charge < -0.3 is 15.1 Å². The summed E-state index contributed by atoms with van der Waals surface area (Å²) in [5, 5.41) is 3.84. The molecule has 2 aromatic rings. The van der Waals surface area contributed by atoms with Crippen LogP contribution in [-0.4, -0.2) is 72.3 Å². The zero-order valence-corrected chi connectivity index (χ0v) is 28.3. The van der Waals surface area contributed by atoms with Crippen LogP contribution in [-0.2, 0) is 16.0 Å². The van der Waals surface area contributed by atoms with E-state index in [2.05, 4.69) is 33.1 Å². The van der Waals surface area contributed by atoms with Gasteiger partial charge in [0.1, 0.15) is 11.5 Å². The SMILES string of the molecule is CCC(=O)CCC(C(C)=O)N(C)C(=C1CC1)c1ccc(N2CCC(NC3CC(C#Cc4ccc(C=O)c(CC)n4)C3)CC2)cc1C=O. The van der Waals surface area contributed by atoms with E-state index in [4.69, 9.17) is 0 Å². The van der Waals surface area contributed by atoms with Crippen molar-refractivity contribution in [1.29, 1.82) is 0 Å². The zero-order chi connectivity index (χ0) is 33.5. The molecule has 1 aliphatic heterocycles. The number of carbonyl (C=O) groups excluding carboxylic acids is 4. The molecule has 3 aliphatic rings. The number of piperidine rings is 1. The number of aldehydes is 2.